The lowest BCUT2D eigenvalue weighted by Gasteiger charge is -2.34. The van der Waals surface area contributed by atoms with E-state index >= 15 is 0 Å². The molecule has 1 saturated heterocycles. The number of ether oxygens (including phenoxy) is 1. The molecule has 196 valence electrons. The molecule has 2 N–H and O–H groups in total. The molecular formula is C28H39N3O4S. The third kappa shape index (κ3) is 6.27. The topological polar surface area (TPSA) is 87.7 Å². The van der Waals surface area contributed by atoms with Crippen molar-refractivity contribution in [3.63, 3.8) is 0 Å². The fourth-order valence-electron chi connectivity index (χ4n) is 4.98. The summed E-state index contributed by atoms with van der Waals surface area (Å²) in [7, 11) is -2.34. The monoisotopic (exact) mass is 513 g/mol. The number of hydrogen-bond acceptors (Lipinski definition) is 5. The molecule has 36 heavy (non-hydrogen) atoms. The van der Waals surface area contributed by atoms with Crippen LogP contribution >= 0.6 is 0 Å². The Balaban J connectivity index is 1.33. The van der Waals surface area contributed by atoms with Crippen molar-refractivity contribution in [1.29, 1.82) is 0 Å². The average molecular weight is 514 g/mol. The van der Waals surface area contributed by atoms with Crippen molar-refractivity contribution in [3.05, 3.63) is 59.2 Å². The minimum absolute atomic E-state index is 0.166. The van der Waals surface area contributed by atoms with Crippen LogP contribution in [0.15, 0.2) is 47.4 Å². The zero-order chi connectivity index (χ0) is 26.1. The van der Waals surface area contributed by atoms with Crippen molar-refractivity contribution in [3.8, 4) is 0 Å². The van der Waals surface area contributed by atoms with E-state index in [1.54, 1.807) is 12.5 Å². The predicted octanol–water partition coefficient (Wildman–Crippen LogP) is 4.26. The first-order valence-electron chi connectivity index (χ1n) is 12.7. The number of thiol groups is 1. The van der Waals surface area contributed by atoms with Crippen molar-refractivity contribution in [2.75, 3.05) is 37.5 Å². The molecule has 0 radical (unpaired) electrons. The van der Waals surface area contributed by atoms with Crippen LogP contribution in [0, 0.1) is 0 Å². The normalized spacial score (nSPS) is 18.8. The molecule has 0 spiro atoms. The van der Waals surface area contributed by atoms with Gasteiger partial charge in [0.15, 0.2) is 0 Å². The van der Waals surface area contributed by atoms with E-state index in [1.807, 2.05) is 56.0 Å². The fraction of sp³-hybridized carbons (Fsp3) is 0.500. The zero-order valence-corrected chi connectivity index (χ0v) is 22.9. The number of fused-ring (bicyclic) bond motifs is 1. The van der Waals surface area contributed by atoms with Crippen molar-refractivity contribution in [2.24, 2.45) is 0 Å². The van der Waals surface area contributed by atoms with Crippen LogP contribution in [0.4, 0.5) is 10.5 Å². The Morgan fingerprint density at radius 2 is 1.83 bits per heavy atom. The van der Waals surface area contributed by atoms with Crippen molar-refractivity contribution in [2.45, 2.75) is 62.5 Å². The largest absolute Gasteiger partial charge is 0.444 e. The molecule has 7 nitrogen and oxygen atoms in total. The summed E-state index contributed by atoms with van der Waals surface area (Å²) >= 11 is 0. The maximum Gasteiger partial charge on any atom is 0.407 e. The van der Waals surface area contributed by atoms with E-state index in [0.29, 0.717) is 19.0 Å². The minimum Gasteiger partial charge on any atom is -0.444 e. The molecule has 2 amide bonds. The van der Waals surface area contributed by atoms with Gasteiger partial charge in [-0.1, -0.05) is 40.3 Å². The Bertz CT molecular complexity index is 1180. The Hall–Kier alpha value is -2.87. The first-order valence-corrected chi connectivity index (χ1v) is 15.3. The quantitative estimate of drug-likeness (QED) is 0.520. The number of nitrogens with zero attached hydrogens (tertiary/aromatic N) is 1. The molecule has 0 bridgehead atoms. The number of piperidine rings is 1. The third-order valence-corrected chi connectivity index (χ3v) is 8.42. The molecular weight excluding hydrogens is 474 g/mol. The van der Waals surface area contributed by atoms with E-state index in [9.17, 15) is 13.8 Å². The smallest absolute Gasteiger partial charge is 0.407 e. The highest BCUT2D eigenvalue weighted by Crippen LogP contribution is 2.36. The molecule has 1 fully saturated rings. The van der Waals surface area contributed by atoms with Crippen LogP contribution in [0.1, 0.15) is 62.1 Å². The number of rotatable bonds is 5. The molecule has 1 atom stereocenters. The average Bonchev–Trinajstić information content (AvgIpc) is 3.24. The number of hydrogen-bond donors (Lipinski definition) is 3. The van der Waals surface area contributed by atoms with E-state index in [2.05, 4.69) is 22.8 Å². The van der Waals surface area contributed by atoms with Crippen molar-refractivity contribution in [1.82, 2.24) is 10.2 Å². The third-order valence-electron chi connectivity index (χ3n) is 6.89. The molecule has 0 saturated carbocycles. The molecule has 8 heteroatoms. The van der Waals surface area contributed by atoms with Crippen LogP contribution < -0.4 is 10.6 Å². The van der Waals surface area contributed by atoms with Crippen molar-refractivity contribution < 1.29 is 18.5 Å². The lowest BCUT2D eigenvalue weighted by Crippen LogP contribution is -2.41. The molecule has 4 rings (SSSR count). The van der Waals surface area contributed by atoms with E-state index in [0.717, 1.165) is 47.6 Å². The van der Waals surface area contributed by atoms with E-state index in [-0.39, 0.29) is 11.8 Å². The van der Waals surface area contributed by atoms with Gasteiger partial charge in [0, 0.05) is 36.8 Å². The summed E-state index contributed by atoms with van der Waals surface area (Å²) in [6.45, 7) is 8.00. The first kappa shape index (κ1) is 26.2. The lowest BCUT2D eigenvalue weighted by atomic mass is 9.88. The van der Waals surface area contributed by atoms with Crippen LogP contribution in [0.25, 0.3) is 0 Å². The highest BCUT2D eigenvalue weighted by Gasteiger charge is 2.34. The molecule has 2 aliphatic heterocycles. The molecule has 2 aromatic carbocycles. The summed E-state index contributed by atoms with van der Waals surface area (Å²) in [5, 5.41) is 6.17. The highest BCUT2D eigenvalue weighted by atomic mass is 32.2. The summed E-state index contributed by atoms with van der Waals surface area (Å²) in [6.07, 6.45) is 4.94. The van der Waals surface area contributed by atoms with E-state index in [1.165, 1.54) is 5.56 Å². The van der Waals surface area contributed by atoms with Gasteiger partial charge in [0.2, 0.25) is 5.91 Å². The van der Waals surface area contributed by atoms with Gasteiger partial charge in [0.05, 0.1) is 5.92 Å². The van der Waals surface area contributed by atoms with Crippen LogP contribution in [0.2, 0.25) is 0 Å². The summed E-state index contributed by atoms with van der Waals surface area (Å²) in [5.74, 6) is 0.357. The first-order chi connectivity index (χ1) is 16.9. The number of anilines is 1. The zero-order valence-electron chi connectivity index (χ0n) is 22.0. The maximum atomic E-state index is 13.4. The Kier molecular flexibility index (Phi) is 7.46. The molecule has 2 aliphatic rings. The van der Waals surface area contributed by atoms with Gasteiger partial charge >= 0.3 is 6.09 Å². The van der Waals surface area contributed by atoms with Gasteiger partial charge < -0.3 is 20.3 Å². The Morgan fingerprint density at radius 1 is 1.11 bits per heavy atom. The molecule has 0 aliphatic carbocycles. The van der Waals surface area contributed by atoms with Gasteiger partial charge in [-0.05, 0) is 80.9 Å². The van der Waals surface area contributed by atoms with Gasteiger partial charge in [-0.3, -0.25) is 9.00 Å². The summed E-state index contributed by atoms with van der Waals surface area (Å²) in [6, 6.07) is 14.1. The second kappa shape index (κ2) is 10.2. The van der Waals surface area contributed by atoms with E-state index in [4.69, 9.17) is 4.74 Å². The Morgan fingerprint density at radius 3 is 2.50 bits per heavy atom. The van der Waals surface area contributed by atoms with Gasteiger partial charge in [0.1, 0.15) is 5.60 Å². The van der Waals surface area contributed by atoms with E-state index < -0.39 is 21.6 Å². The number of alkyl carbamates (subject to hydrolysis) is 1. The SMILES string of the molecule is CC(C)(C)OC(=O)NCc1cccc(C2CCN(C(=O)C3CNc4cc([SH](C)(C)=O)ccc43)CC2)c1. The second-order valence-electron chi connectivity index (χ2n) is 11.3. The van der Waals surface area contributed by atoms with Crippen molar-refractivity contribution >= 4 is 27.6 Å². The van der Waals surface area contributed by atoms with Crippen LogP contribution in [0.5, 0.6) is 0 Å². The number of carbonyl (C=O) groups excluding carboxylic acids is 2. The fourth-order valence-corrected chi connectivity index (χ4v) is 5.85. The number of benzene rings is 2. The van der Waals surface area contributed by atoms with Gasteiger partial charge in [-0.2, -0.15) is 0 Å². The molecule has 2 aromatic rings. The number of likely N-dealkylation sites (tertiary alicyclic amines) is 1. The number of amides is 2. The highest BCUT2D eigenvalue weighted by molar-refractivity contribution is 8.01. The predicted molar refractivity (Wildman–Crippen MR) is 145 cm³/mol. The maximum absolute atomic E-state index is 13.4. The van der Waals surface area contributed by atoms with Crippen LogP contribution in [0.3, 0.4) is 0 Å². The standard InChI is InChI=1S/C28H39N3O4S/c1-28(2,3)35-27(33)30-17-19-7-6-8-21(15-19)20-11-13-31(14-12-20)26(32)24-18-29-25-16-22(36(4,5)34)9-10-23(24)25/h6-10,15-16,20,24,29,36H,11-14,17-18H2,1-5H3,(H,30,33). The Labute approximate surface area is 215 Å². The van der Waals surface area contributed by atoms with Crippen LogP contribution in [-0.4, -0.2) is 58.9 Å². The summed E-state index contributed by atoms with van der Waals surface area (Å²) in [5.41, 5.74) is 3.69. The van der Waals surface area contributed by atoms with Gasteiger partial charge in [-0.15, -0.1) is 0 Å². The molecule has 0 aromatic heterocycles. The van der Waals surface area contributed by atoms with Gasteiger partial charge in [0.25, 0.3) is 0 Å². The number of carbonyl (C=O) groups is 2. The molecule has 1 unspecified atom stereocenters. The van der Waals surface area contributed by atoms with Crippen LogP contribution in [-0.2, 0) is 26.0 Å². The summed E-state index contributed by atoms with van der Waals surface area (Å²) in [4.78, 5) is 28.2. The number of nitrogens with one attached hydrogen (secondary N) is 2. The minimum atomic E-state index is -2.34. The molecule has 2 heterocycles. The lowest BCUT2D eigenvalue weighted by molar-refractivity contribution is -0.133. The summed E-state index contributed by atoms with van der Waals surface area (Å²) < 4.78 is 17.8. The van der Waals surface area contributed by atoms with Gasteiger partial charge in [-0.25, -0.2) is 4.79 Å². The second-order valence-corrected chi connectivity index (χ2v) is 14.5.